The highest BCUT2D eigenvalue weighted by Gasteiger charge is 2.33. The lowest BCUT2D eigenvalue weighted by atomic mass is 10.1. The van der Waals surface area contributed by atoms with Gasteiger partial charge in [0.25, 0.3) is 5.91 Å². The molecule has 1 fully saturated rings. The van der Waals surface area contributed by atoms with E-state index in [9.17, 15) is 4.79 Å². The largest absolute Gasteiger partial charge is 0.335 e. The third-order valence-corrected chi connectivity index (χ3v) is 4.78. The predicted molar refractivity (Wildman–Crippen MR) is 98.2 cm³/mol. The molecule has 24 heavy (non-hydrogen) atoms. The molecule has 1 aliphatic heterocycles. The number of rotatable bonds is 3. The van der Waals surface area contributed by atoms with E-state index in [1.54, 1.807) is 10.9 Å². The Kier molecular flexibility index (Phi) is 5.91. The first-order valence-corrected chi connectivity index (χ1v) is 8.20. The second-order valence-electron chi connectivity index (χ2n) is 6.18. The molecule has 5 nitrogen and oxygen atoms in total. The van der Waals surface area contributed by atoms with Gasteiger partial charge in [-0.3, -0.25) is 4.79 Å². The van der Waals surface area contributed by atoms with Gasteiger partial charge < -0.3 is 10.6 Å². The van der Waals surface area contributed by atoms with Crippen LogP contribution in [0, 0.1) is 12.8 Å². The number of nitrogens with two attached hydrogens (primary N) is 1. The lowest BCUT2D eigenvalue weighted by molar-refractivity contribution is 0.0742. The third kappa shape index (κ3) is 3.43. The lowest BCUT2D eigenvalue weighted by Gasteiger charge is -2.21. The van der Waals surface area contributed by atoms with Crippen molar-refractivity contribution in [1.29, 1.82) is 0 Å². The fourth-order valence-corrected chi connectivity index (χ4v) is 3.42. The quantitative estimate of drug-likeness (QED) is 0.905. The topological polar surface area (TPSA) is 64.2 Å². The Hall–Kier alpha value is -1.56. The van der Waals surface area contributed by atoms with E-state index in [0.717, 1.165) is 24.3 Å². The van der Waals surface area contributed by atoms with Crippen LogP contribution in [0.1, 0.15) is 29.4 Å². The first-order valence-electron chi connectivity index (χ1n) is 7.83. The van der Waals surface area contributed by atoms with Crippen LogP contribution in [0.5, 0.6) is 0 Å². The summed E-state index contributed by atoms with van der Waals surface area (Å²) in [5.74, 6) is 0.413. The second kappa shape index (κ2) is 7.55. The molecule has 130 valence electrons. The van der Waals surface area contributed by atoms with Gasteiger partial charge in [-0.1, -0.05) is 17.7 Å². The molecule has 1 amide bonds. The first-order chi connectivity index (χ1) is 11.0. The van der Waals surface area contributed by atoms with Gasteiger partial charge in [0.15, 0.2) is 0 Å². The van der Waals surface area contributed by atoms with E-state index < -0.39 is 0 Å². The van der Waals surface area contributed by atoms with Crippen LogP contribution in [0.15, 0.2) is 30.5 Å². The van der Waals surface area contributed by atoms with E-state index in [0.29, 0.717) is 23.0 Å². The number of hydrogen-bond acceptors (Lipinski definition) is 3. The lowest BCUT2D eigenvalue weighted by Crippen LogP contribution is -2.34. The van der Waals surface area contributed by atoms with Crippen molar-refractivity contribution in [1.82, 2.24) is 14.7 Å². The number of amides is 1. The minimum atomic E-state index is 0. The summed E-state index contributed by atoms with van der Waals surface area (Å²) in [7, 11) is 0. The summed E-state index contributed by atoms with van der Waals surface area (Å²) in [5, 5.41) is 5.01. The molecule has 3 rings (SSSR count). The number of likely N-dealkylation sites (tertiary alicyclic amines) is 1. The van der Waals surface area contributed by atoms with Crippen LogP contribution in [-0.4, -0.2) is 39.7 Å². The van der Waals surface area contributed by atoms with Gasteiger partial charge >= 0.3 is 0 Å². The van der Waals surface area contributed by atoms with Crippen molar-refractivity contribution in [3.63, 3.8) is 0 Å². The van der Waals surface area contributed by atoms with Crippen molar-refractivity contribution >= 4 is 29.9 Å². The Balaban J connectivity index is 0.00000208. The molecule has 2 atom stereocenters. The molecule has 0 spiro atoms. The fraction of sp³-hybridized carbons (Fsp3) is 0.412. The van der Waals surface area contributed by atoms with Crippen molar-refractivity contribution in [3.05, 3.63) is 46.7 Å². The van der Waals surface area contributed by atoms with Crippen LogP contribution in [0.2, 0.25) is 5.02 Å². The molecule has 2 unspecified atom stereocenters. The molecule has 0 saturated carbocycles. The maximum Gasteiger partial charge on any atom is 0.257 e. The fourth-order valence-electron chi connectivity index (χ4n) is 3.24. The smallest absolute Gasteiger partial charge is 0.257 e. The minimum Gasteiger partial charge on any atom is -0.335 e. The molecule has 0 aliphatic carbocycles. The number of aromatic nitrogens is 2. The van der Waals surface area contributed by atoms with E-state index in [-0.39, 0.29) is 24.4 Å². The first kappa shape index (κ1) is 18.8. The van der Waals surface area contributed by atoms with Gasteiger partial charge in [0, 0.05) is 17.6 Å². The number of carbonyl (C=O) groups is 1. The summed E-state index contributed by atoms with van der Waals surface area (Å²) >= 11 is 6.04. The molecule has 2 aromatic rings. The standard InChI is InChI=1S/C17H21ClN4O.ClH/c1-11-6-13(8-19)10-21(11)17(23)16-9-20-22(12(16)2)15-5-3-4-14(18)7-15;/h3-5,7,9,11,13H,6,8,10,19H2,1-2H3;1H. The maximum atomic E-state index is 12.9. The van der Waals surface area contributed by atoms with Gasteiger partial charge in [-0.15, -0.1) is 12.4 Å². The van der Waals surface area contributed by atoms with Crippen molar-refractivity contribution in [2.24, 2.45) is 11.7 Å². The molecule has 7 heteroatoms. The van der Waals surface area contributed by atoms with Crippen molar-refractivity contribution in [2.45, 2.75) is 26.3 Å². The summed E-state index contributed by atoms with van der Waals surface area (Å²) in [5.41, 5.74) is 8.06. The molecule has 1 aliphatic rings. The van der Waals surface area contributed by atoms with Crippen LogP contribution < -0.4 is 5.73 Å². The average Bonchev–Trinajstić information content (AvgIpc) is 3.09. The average molecular weight is 369 g/mol. The number of halogens is 2. The molecule has 2 N–H and O–H groups in total. The van der Waals surface area contributed by atoms with Gasteiger partial charge in [0.05, 0.1) is 23.1 Å². The minimum absolute atomic E-state index is 0. The molecule has 1 saturated heterocycles. The highest BCUT2D eigenvalue weighted by atomic mass is 35.5. The van der Waals surface area contributed by atoms with Gasteiger partial charge in [-0.05, 0) is 50.9 Å². The number of nitrogens with zero attached hydrogens (tertiary/aromatic N) is 3. The van der Waals surface area contributed by atoms with E-state index >= 15 is 0 Å². The molecule has 1 aromatic heterocycles. The van der Waals surface area contributed by atoms with E-state index in [1.807, 2.05) is 36.1 Å². The zero-order chi connectivity index (χ0) is 16.6. The Labute approximate surface area is 153 Å². The predicted octanol–water partition coefficient (Wildman–Crippen LogP) is 3.07. The van der Waals surface area contributed by atoms with E-state index in [2.05, 4.69) is 12.0 Å². The Morgan fingerprint density at radius 3 is 2.83 bits per heavy atom. The third-order valence-electron chi connectivity index (χ3n) is 4.55. The Bertz CT molecular complexity index is 731. The van der Waals surface area contributed by atoms with Crippen LogP contribution in [0.25, 0.3) is 5.69 Å². The van der Waals surface area contributed by atoms with Gasteiger partial charge in [-0.2, -0.15) is 5.10 Å². The Morgan fingerprint density at radius 2 is 2.21 bits per heavy atom. The second-order valence-corrected chi connectivity index (χ2v) is 6.62. The summed E-state index contributed by atoms with van der Waals surface area (Å²) in [4.78, 5) is 14.8. The van der Waals surface area contributed by atoms with Crippen molar-refractivity contribution in [3.8, 4) is 5.69 Å². The zero-order valence-corrected chi connectivity index (χ0v) is 15.3. The normalized spacial score (nSPS) is 20.1. The van der Waals surface area contributed by atoms with Crippen LogP contribution in [0.3, 0.4) is 0 Å². The summed E-state index contributed by atoms with van der Waals surface area (Å²) < 4.78 is 1.75. The van der Waals surface area contributed by atoms with E-state index in [1.165, 1.54) is 0 Å². The molecule has 1 aromatic carbocycles. The summed E-state index contributed by atoms with van der Waals surface area (Å²) in [6.45, 7) is 5.32. The number of hydrogen-bond donors (Lipinski definition) is 1. The molecule has 0 bridgehead atoms. The number of carbonyl (C=O) groups excluding carboxylic acids is 1. The number of benzene rings is 1. The summed E-state index contributed by atoms with van der Waals surface area (Å²) in [6.07, 6.45) is 2.60. The van der Waals surface area contributed by atoms with Crippen LogP contribution in [-0.2, 0) is 0 Å². The summed E-state index contributed by atoms with van der Waals surface area (Å²) in [6, 6.07) is 7.65. The van der Waals surface area contributed by atoms with Crippen molar-refractivity contribution in [2.75, 3.05) is 13.1 Å². The van der Waals surface area contributed by atoms with Crippen LogP contribution in [0.4, 0.5) is 0 Å². The molecule has 0 radical (unpaired) electrons. The molecular formula is C17H22Cl2N4O. The highest BCUT2D eigenvalue weighted by Crippen LogP contribution is 2.26. The van der Waals surface area contributed by atoms with Crippen molar-refractivity contribution < 1.29 is 4.79 Å². The molecular weight excluding hydrogens is 347 g/mol. The SMILES string of the molecule is Cc1c(C(=O)N2CC(CN)CC2C)cnn1-c1cccc(Cl)c1.Cl. The highest BCUT2D eigenvalue weighted by molar-refractivity contribution is 6.30. The van der Waals surface area contributed by atoms with Gasteiger partial charge in [-0.25, -0.2) is 4.68 Å². The van der Waals surface area contributed by atoms with Gasteiger partial charge in [0.2, 0.25) is 0 Å². The zero-order valence-electron chi connectivity index (χ0n) is 13.8. The van der Waals surface area contributed by atoms with E-state index in [4.69, 9.17) is 17.3 Å². The van der Waals surface area contributed by atoms with Crippen LogP contribution >= 0.6 is 24.0 Å². The molecule has 2 heterocycles. The monoisotopic (exact) mass is 368 g/mol. The maximum absolute atomic E-state index is 12.9. The Morgan fingerprint density at radius 1 is 1.46 bits per heavy atom. The van der Waals surface area contributed by atoms with Gasteiger partial charge in [0.1, 0.15) is 0 Å².